The van der Waals surface area contributed by atoms with Crippen LogP contribution in [0.3, 0.4) is 0 Å². The highest BCUT2D eigenvalue weighted by atomic mass is 16.3. The van der Waals surface area contributed by atoms with Crippen molar-refractivity contribution in [2.75, 3.05) is 0 Å². The summed E-state index contributed by atoms with van der Waals surface area (Å²) in [5.74, 6) is 0. The molecule has 0 radical (unpaired) electrons. The Labute approximate surface area is 151 Å². The number of rotatable bonds is 3. The summed E-state index contributed by atoms with van der Waals surface area (Å²) in [6.07, 6.45) is 5.42. The summed E-state index contributed by atoms with van der Waals surface area (Å²) >= 11 is 0. The fourth-order valence-corrected chi connectivity index (χ4v) is 4.84. The molecule has 2 aliphatic rings. The average Bonchev–Trinajstić information content (AvgIpc) is 2.59. The van der Waals surface area contributed by atoms with Gasteiger partial charge in [-0.1, -0.05) is 55.0 Å². The van der Waals surface area contributed by atoms with Gasteiger partial charge in [-0.2, -0.15) is 0 Å². The molecular weight excluding hydrogens is 306 g/mol. The molecule has 2 aromatic rings. The van der Waals surface area contributed by atoms with Gasteiger partial charge < -0.3 is 5.11 Å². The number of benzene rings is 2. The summed E-state index contributed by atoms with van der Waals surface area (Å²) in [6, 6.07) is 18.3. The van der Waals surface area contributed by atoms with Crippen LogP contribution in [0.4, 0.5) is 0 Å². The molecule has 1 N–H and O–H groups in total. The van der Waals surface area contributed by atoms with Crippen molar-refractivity contribution < 1.29 is 5.11 Å². The highest BCUT2D eigenvalue weighted by Gasteiger charge is 2.46. The van der Waals surface area contributed by atoms with Crippen molar-refractivity contribution in [3.63, 3.8) is 0 Å². The van der Waals surface area contributed by atoms with Crippen LogP contribution < -0.4 is 0 Å². The molecule has 2 aromatic carbocycles. The molecule has 4 rings (SSSR count). The second-order valence-corrected chi connectivity index (χ2v) is 8.14. The maximum atomic E-state index is 11.5. The van der Waals surface area contributed by atoms with Gasteiger partial charge in [0.2, 0.25) is 0 Å². The molecule has 2 nitrogen and oxygen atoms in total. The average molecular weight is 335 g/mol. The molecule has 2 heterocycles. The van der Waals surface area contributed by atoms with E-state index in [2.05, 4.69) is 67.3 Å². The van der Waals surface area contributed by atoms with E-state index in [0.29, 0.717) is 12.1 Å². The van der Waals surface area contributed by atoms with Crippen molar-refractivity contribution in [1.82, 2.24) is 4.90 Å². The Morgan fingerprint density at radius 1 is 0.960 bits per heavy atom. The molecule has 2 heteroatoms. The molecule has 0 aromatic heterocycles. The smallest absolute Gasteiger partial charge is 0.0926 e. The molecule has 2 bridgehead atoms. The Morgan fingerprint density at radius 2 is 1.64 bits per heavy atom. The number of piperidine rings is 2. The number of aliphatic hydroxyl groups is 1. The lowest BCUT2D eigenvalue weighted by atomic mass is 9.72. The van der Waals surface area contributed by atoms with Crippen molar-refractivity contribution in [2.24, 2.45) is 0 Å². The molecule has 0 amide bonds. The SMILES string of the molecule is Cc1ccc(C2(O)CC3CCCC(C2)N3Cc2ccccc2)cc1C. The molecule has 2 atom stereocenters. The van der Waals surface area contributed by atoms with Gasteiger partial charge in [-0.05, 0) is 61.8 Å². The maximum Gasteiger partial charge on any atom is 0.0926 e. The Kier molecular flexibility index (Phi) is 4.43. The third-order valence-electron chi connectivity index (χ3n) is 6.41. The second kappa shape index (κ2) is 6.59. The largest absolute Gasteiger partial charge is 0.385 e. The summed E-state index contributed by atoms with van der Waals surface area (Å²) in [7, 11) is 0. The van der Waals surface area contributed by atoms with Crippen molar-refractivity contribution in [3.05, 3.63) is 70.8 Å². The van der Waals surface area contributed by atoms with Gasteiger partial charge in [0.1, 0.15) is 0 Å². The van der Waals surface area contributed by atoms with Crippen LogP contribution in [0.15, 0.2) is 48.5 Å². The van der Waals surface area contributed by atoms with Gasteiger partial charge in [0.05, 0.1) is 5.60 Å². The number of fused-ring (bicyclic) bond motifs is 2. The lowest BCUT2D eigenvalue weighted by molar-refractivity contribution is -0.0999. The standard InChI is InChI=1S/C23H29NO/c1-17-11-12-20(13-18(17)2)23(25)14-21-9-6-10-22(15-23)24(21)16-19-7-4-3-5-8-19/h3-5,7-8,11-13,21-22,25H,6,9-10,14-16H2,1-2H3. The fourth-order valence-electron chi connectivity index (χ4n) is 4.84. The Bertz CT molecular complexity index is 725. The normalized spacial score (nSPS) is 29.6. The predicted molar refractivity (Wildman–Crippen MR) is 102 cm³/mol. The molecule has 2 saturated heterocycles. The van der Waals surface area contributed by atoms with E-state index in [1.54, 1.807) is 0 Å². The second-order valence-electron chi connectivity index (χ2n) is 8.14. The molecule has 2 aliphatic heterocycles. The van der Waals surface area contributed by atoms with E-state index in [1.165, 1.54) is 36.0 Å². The monoisotopic (exact) mass is 335 g/mol. The van der Waals surface area contributed by atoms with Gasteiger partial charge in [-0.3, -0.25) is 4.90 Å². The van der Waals surface area contributed by atoms with Crippen LogP contribution >= 0.6 is 0 Å². The highest BCUT2D eigenvalue weighted by molar-refractivity contribution is 5.34. The number of nitrogens with zero attached hydrogens (tertiary/aromatic N) is 1. The minimum Gasteiger partial charge on any atom is -0.385 e. The molecular formula is C23H29NO. The van der Waals surface area contributed by atoms with E-state index in [1.807, 2.05) is 0 Å². The van der Waals surface area contributed by atoms with Gasteiger partial charge in [0, 0.05) is 18.6 Å². The van der Waals surface area contributed by atoms with Crippen molar-refractivity contribution in [2.45, 2.75) is 70.2 Å². The zero-order chi connectivity index (χ0) is 17.4. The molecule has 2 fully saturated rings. The summed E-state index contributed by atoms with van der Waals surface area (Å²) in [6.45, 7) is 5.30. The number of hydrogen-bond acceptors (Lipinski definition) is 2. The summed E-state index contributed by atoms with van der Waals surface area (Å²) in [5, 5.41) is 11.5. The van der Waals surface area contributed by atoms with Gasteiger partial charge in [0.15, 0.2) is 0 Å². The molecule has 2 unspecified atom stereocenters. The molecule has 132 valence electrons. The van der Waals surface area contributed by atoms with Gasteiger partial charge in [-0.25, -0.2) is 0 Å². The Balaban J connectivity index is 1.59. The Morgan fingerprint density at radius 3 is 2.28 bits per heavy atom. The van der Waals surface area contributed by atoms with Crippen molar-refractivity contribution >= 4 is 0 Å². The van der Waals surface area contributed by atoms with E-state index in [0.717, 1.165) is 24.9 Å². The summed E-state index contributed by atoms with van der Waals surface area (Å²) < 4.78 is 0. The van der Waals surface area contributed by atoms with Crippen LogP contribution in [-0.2, 0) is 12.1 Å². The maximum absolute atomic E-state index is 11.5. The van der Waals surface area contributed by atoms with Crippen molar-refractivity contribution in [1.29, 1.82) is 0 Å². The first kappa shape index (κ1) is 16.8. The van der Waals surface area contributed by atoms with Crippen LogP contribution in [0.1, 0.15) is 54.4 Å². The molecule has 0 spiro atoms. The molecule has 0 saturated carbocycles. The molecule has 0 aliphatic carbocycles. The predicted octanol–water partition coefficient (Wildman–Crippen LogP) is 4.71. The van der Waals surface area contributed by atoms with E-state index < -0.39 is 5.60 Å². The number of aryl methyl sites for hydroxylation is 2. The fraction of sp³-hybridized carbons (Fsp3) is 0.478. The van der Waals surface area contributed by atoms with Crippen LogP contribution in [-0.4, -0.2) is 22.1 Å². The zero-order valence-corrected chi connectivity index (χ0v) is 15.4. The Hall–Kier alpha value is -1.64. The van der Waals surface area contributed by atoms with E-state index in [9.17, 15) is 5.11 Å². The van der Waals surface area contributed by atoms with Crippen LogP contribution in [0, 0.1) is 13.8 Å². The first-order valence-electron chi connectivity index (χ1n) is 9.65. The lowest BCUT2D eigenvalue weighted by Gasteiger charge is -2.52. The van der Waals surface area contributed by atoms with Crippen LogP contribution in [0.5, 0.6) is 0 Å². The zero-order valence-electron chi connectivity index (χ0n) is 15.4. The third-order valence-corrected chi connectivity index (χ3v) is 6.41. The van der Waals surface area contributed by atoms with E-state index in [4.69, 9.17) is 0 Å². The number of hydrogen-bond donors (Lipinski definition) is 1. The highest BCUT2D eigenvalue weighted by Crippen LogP contribution is 2.45. The quantitative estimate of drug-likeness (QED) is 0.878. The van der Waals surface area contributed by atoms with Crippen LogP contribution in [0.25, 0.3) is 0 Å². The van der Waals surface area contributed by atoms with E-state index >= 15 is 0 Å². The van der Waals surface area contributed by atoms with Crippen LogP contribution in [0.2, 0.25) is 0 Å². The molecule has 25 heavy (non-hydrogen) atoms. The first-order chi connectivity index (χ1) is 12.0. The van der Waals surface area contributed by atoms with Gasteiger partial charge >= 0.3 is 0 Å². The topological polar surface area (TPSA) is 23.5 Å². The minimum absolute atomic E-state index is 0.485. The summed E-state index contributed by atoms with van der Waals surface area (Å²) in [5.41, 5.74) is 4.42. The van der Waals surface area contributed by atoms with Gasteiger partial charge in [-0.15, -0.1) is 0 Å². The van der Waals surface area contributed by atoms with E-state index in [-0.39, 0.29) is 0 Å². The minimum atomic E-state index is -0.665. The lowest BCUT2D eigenvalue weighted by Crippen LogP contribution is -2.56. The van der Waals surface area contributed by atoms with Crippen molar-refractivity contribution in [3.8, 4) is 0 Å². The first-order valence-corrected chi connectivity index (χ1v) is 9.65. The summed E-state index contributed by atoms with van der Waals surface area (Å²) in [4.78, 5) is 2.66. The van der Waals surface area contributed by atoms with Gasteiger partial charge in [0.25, 0.3) is 0 Å². The third kappa shape index (κ3) is 3.26.